The van der Waals surface area contributed by atoms with Gasteiger partial charge in [0.2, 0.25) is 15.8 Å². The number of benzene rings is 2. The molecule has 0 aliphatic carbocycles. The van der Waals surface area contributed by atoms with Crippen molar-refractivity contribution in [3.63, 3.8) is 0 Å². The second kappa shape index (κ2) is 8.93. The minimum absolute atomic E-state index is 0.136. The number of carbonyl (C=O) groups is 2. The molecular weight excluding hydrogens is 434 g/mol. The van der Waals surface area contributed by atoms with Gasteiger partial charge in [-0.05, 0) is 43.3 Å². The van der Waals surface area contributed by atoms with E-state index in [0.29, 0.717) is 36.8 Å². The van der Waals surface area contributed by atoms with Crippen molar-refractivity contribution in [2.24, 2.45) is 0 Å². The molecule has 2 aromatic rings. The third-order valence-electron chi connectivity index (χ3n) is 4.16. The maximum Gasteiger partial charge on any atom is 0.339 e. The number of sulfonamides is 1. The molecule has 160 valence electrons. The Bertz CT molecular complexity index is 1070. The molecule has 1 atom stereocenters. The van der Waals surface area contributed by atoms with Gasteiger partial charge in [0, 0.05) is 17.7 Å². The molecule has 0 fully saturated rings. The minimum atomic E-state index is -3.42. The Morgan fingerprint density at radius 2 is 1.77 bits per heavy atom. The average molecular weight is 454 g/mol. The van der Waals surface area contributed by atoms with Crippen molar-refractivity contribution in [1.29, 1.82) is 0 Å². The predicted molar refractivity (Wildman–Crippen MR) is 111 cm³/mol. The highest BCUT2D eigenvalue weighted by molar-refractivity contribution is 7.92. The van der Waals surface area contributed by atoms with Crippen LogP contribution in [-0.4, -0.2) is 45.7 Å². The van der Waals surface area contributed by atoms with E-state index in [1.54, 1.807) is 0 Å². The number of anilines is 1. The molecule has 30 heavy (non-hydrogen) atoms. The Balaban J connectivity index is 1.70. The van der Waals surface area contributed by atoms with Gasteiger partial charge in [-0.2, -0.15) is 0 Å². The number of hydrogen-bond donors (Lipinski definition) is 1. The van der Waals surface area contributed by atoms with Crippen LogP contribution in [0.5, 0.6) is 11.5 Å². The van der Waals surface area contributed by atoms with E-state index in [4.69, 9.17) is 25.8 Å². The van der Waals surface area contributed by atoms with Crippen molar-refractivity contribution in [2.45, 2.75) is 19.4 Å². The van der Waals surface area contributed by atoms with Gasteiger partial charge in [0.1, 0.15) is 0 Å². The van der Waals surface area contributed by atoms with E-state index in [1.807, 2.05) is 0 Å². The summed E-state index contributed by atoms with van der Waals surface area (Å²) in [6.07, 6.45) is 0.648. The zero-order valence-corrected chi connectivity index (χ0v) is 17.9. The average Bonchev–Trinajstić information content (AvgIpc) is 2.92. The Morgan fingerprint density at radius 3 is 2.43 bits per heavy atom. The number of fused-ring (bicyclic) bond motifs is 1. The van der Waals surface area contributed by atoms with Crippen molar-refractivity contribution >= 4 is 39.1 Å². The van der Waals surface area contributed by atoms with Crippen LogP contribution >= 0.6 is 11.6 Å². The monoisotopic (exact) mass is 453 g/mol. The van der Waals surface area contributed by atoms with Gasteiger partial charge < -0.3 is 14.2 Å². The molecule has 3 rings (SSSR count). The normalized spacial score (nSPS) is 14.4. The van der Waals surface area contributed by atoms with Crippen LogP contribution in [0.2, 0.25) is 5.02 Å². The third kappa shape index (κ3) is 5.43. The molecule has 1 heterocycles. The number of Topliss-reactive ketones (excluding diaryl/α,β-unsaturated/α-hetero) is 1. The number of nitrogens with one attached hydrogen (secondary N) is 1. The summed E-state index contributed by atoms with van der Waals surface area (Å²) in [5.74, 6) is -0.448. The molecule has 10 heteroatoms. The van der Waals surface area contributed by atoms with Crippen molar-refractivity contribution in [1.82, 2.24) is 0 Å². The lowest BCUT2D eigenvalue weighted by molar-refractivity contribution is 0.0318. The molecular formula is C20H20ClNO7S. The van der Waals surface area contributed by atoms with Gasteiger partial charge in [0.15, 0.2) is 17.6 Å². The largest absolute Gasteiger partial charge is 0.489 e. The van der Waals surface area contributed by atoms with E-state index in [9.17, 15) is 18.0 Å². The first-order valence-electron chi connectivity index (χ1n) is 9.06. The molecule has 1 unspecified atom stereocenters. The zero-order valence-electron chi connectivity index (χ0n) is 16.3. The second-order valence-electron chi connectivity index (χ2n) is 6.70. The molecule has 0 spiro atoms. The first-order valence-corrected chi connectivity index (χ1v) is 11.3. The summed E-state index contributed by atoms with van der Waals surface area (Å²) in [5, 5.41) is 0.217. The summed E-state index contributed by atoms with van der Waals surface area (Å²) in [7, 11) is -3.42. The summed E-state index contributed by atoms with van der Waals surface area (Å²) in [5.41, 5.74) is 0.725. The minimum Gasteiger partial charge on any atom is -0.489 e. The lowest BCUT2D eigenvalue weighted by Crippen LogP contribution is -2.24. The Morgan fingerprint density at radius 1 is 1.10 bits per heavy atom. The van der Waals surface area contributed by atoms with Crippen LogP contribution in [0.3, 0.4) is 0 Å². The predicted octanol–water partition coefficient (Wildman–Crippen LogP) is 3.30. The van der Waals surface area contributed by atoms with Crippen LogP contribution in [0.1, 0.15) is 34.1 Å². The maximum atomic E-state index is 12.6. The summed E-state index contributed by atoms with van der Waals surface area (Å²) in [6, 6.07) is 8.67. The summed E-state index contributed by atoms with van der Waals surface area (Å²) in [4.78, 5) is 25.1. The van der Waals surface area contributed by atoms with Gasteiger partial charge in [-0.25, -0.2) is 13.2 Å². The number of ether oxygens (including phenoxy) is 3. The van der Waals surface area contributed by atoms with Gasteiger partial charge in [-0.1, -0.05) is 11.6 Å². The Kier molecular flexibility index (Phi) is 6.52. The first kappa shape index (κ1) is 21.9. The molecule has 0 aromatic heterocycles. The van der Waals surface area contributed by atoms with Crippen LogP contribution < -0.4 is 14.2 Å². The standard InChI is InChI=1S/C20H20ClNO7S/c1-12(18(23)13-4-6-15(7-5-13)22-30(2,25)26)29-20(24)14-10-16(21)19-17(11-14)27-8-3-9-28-19/h4-7,10-12,22H,3,8-9H2,1-2H3. The number of halogens is 1. The van der Waals surface area contributed by atoms with Gasteiger partial charge in [-0.3, -0.25) is 9.52 Å². The number of ketones is 1. The first-order chi connectivity index (χ1) is 14.1. The molecule has 0 bridgehead atoms. The van der Waals surface area contributed by atoms with Gasteiger partial charge in [0.25, 0.3) is 0 Å². The van der Waals surface area contributed by atoms with E-state index >= 15 is 0 Å². The molecule has 0 saturated carbocycles. The topological polar surface area (TPSA) is 108 Å². The van der Waals surface area contributed by atoms with E-state index < -0.39 is 27.9 Å². The molecule has 0 amide bonds. The Labute approximate surface area is 179 Å². The highest BCUT2D eigenvalue weighted by Gasteiger charge is 2.23. The quantitative estimate of drug-likeness (QED) is 0.528. The van der Waals surface area contributed by atoms with E-state index in [-0.39, 0.29) is 16.1 Å². The molecule has 2 aromatic carbocycles. The van der Waals surface area contributed by atoms with Crippen molar-refractivity contribution in [2.75, 3.05) is 24.2 Å². The fourth-order valence-electron chi connectivity index (χ4n) is 2.78. The number of rotatable bonds is 6. The van der Waals surface area contributed by atoms with Gasteiger partial charge >= 0.3 is 5.97 Å². The lowest BCUT2D eigenvalue weighted by atomic mass is 10.1. The Hall–Kier alpha value is -2.78. The number of carbonyl (C=O) groups excluding carboxylic acids is 2. The van der Waals surface area contributed by atoms with E-state index in [0.717, 1.165) is 6.26 Å². The van der Waals surface area contributed by atoms with Crippen LogP contribution in [0.25, 0.3) is 0 Å². The number of hydrogen-bond acceptors (Lipinski definition) is 7. The van der Waals surface area contributed by atoms with Gasteiger partial charge in [0.05, 0.1) is 30.1 Å². The second-order valence-corrected chi connectivity index (χ2v) is 8.85. The molecule has 1 N–H and O–H groups in total. The fourth-order valence-corrected chi connectivity index (χ4v) is 3.61. The molecule has 1 aliphatic rings. The smallest absolute Gasteiger partial charge is 0.339 e. The van der Waals surface area contributed by atoms with Crippen LogP contribution in [0.4, 0.5) is 5.69 Å². The van der Waals surface area contributed by atoms with Crippen LogP contribution in [0, 0.1) is 0 Å². The maximum absolute atomic E-state index is 12.6. The summed E-state index contributed by atoms with van der Waals surface area (Å²) >= 11 is 6.19. The van der Waals surface area contributed by atoms with Crippen LogP contribution in [-0.2, 0) is 14.8 Å². The van der Waals surface area contributed by atoms with E-state index in [1.165, 1.54) is 43.3 Å². The highest BCUT2D eigenvalue weighted by atomic mass is 35.5. The highest BCUT2D eigenvalue weighted by Crippen LogP contribution is 2.38. The molecule has 0 radical (unpaired) electrons. The van der Waals surface area contributed by atoms with E-state index in [2.05, 4.69) is 4.72 Å². The van der Waals surface area contributed by atoms with Crippen molar-refractivity contribution < 1.29 is 32.2 Å². The SMILES string of the molecule is CC(OC(=O)c1cc(Cl)c2c(c1)OCCCO2)C(=O)c1ccc(NS(C)(=O)=O)cc1. The summed E-state index contributed by atoms with van der Waals surface area (Å²) < 4.78 is 41.2. The molecule has 8 nitrogen and oxygen atoms in total. The van der Waals surface area contributed by atoms with Gasteiger partial charge in [-0.15, -0.1) is 0 Å². The third-order valence-corrected chi connectivity index (χ3v) is 5.05. The van der Waals surface area contributed by atoms with Crippen molar-refractivity contribution in [3.05, 3.63) is 52.5 Å². The zero-order chi connectivity index (χ0) is 21.9. The molecule has 1 aliphatic heterocycles. The molecule has 0 saturated heterocycles. The number of esters is 1. The van der Waals surface area contributed by atoms with Crippen molar-refractivity contribution in [3.8, 4) is 11.5 Å². The van der Waals surface area contributed by atoms with Crippen LogP contribution in [0.15, 0.2) is 36.4 Å². The lowest BCUT2D eigenvalue weighted by Gasteiger charge is -2.15. The summed E-state index contributed by atoms with van der Waals surface area (Å²) in [6.45, 7) is 2.34. The fraction of sp³-hybridized carbons (Fsp3) is 0.300.